The Morgan fingerprint density at radius 3 is 2.83 bits per heavy atom. The van der Waals surface area contributed by atoms with Crippen LogP contribution in [0, 0.1) is 6.92 Å². The lowest BCUT2D eigenvalue weighted by molar-refractivity contribution is 0.166. The first kappa shape index (κ1) is 12.8. The minimum Gasteiger partial charge on any atom is -0.386 e. The molecule has 0 amide bonds. The molecule has 96 valence electrons. The molecule has 1 aromatic heterocycles. The Morgan fingerprint density at radius 1 is 1.33 bits per heavy atom. The SMILES string of the molecule is CCCn1nncc1C(O)Cc1ccccc1C. The van der Waals surface area contributed by atoms with Crippen LogP contribution in [0.5, 0.6) is 0 Å². The summed E-state index contributed by atoms with van der Waals surface area (Å²) in [6, 6.07) is 8.11. The average Bonchev–Trinajstić information content (AvgIpc) is 2.81. The van der Waals surface area contributed by atoms with Gasteiger partial charge in [0.25, 0.3) is 0 Å². The van der Waals surface area contributed by atoms with Crippen LogP contribution in [-0.2, 0) is 13.0 Å². The summed E-state index contributed by atoms with van der Waals surface area (Å²) >= 11 is 0. The number of aliphatic hydroxyl groups excluding tert-OH is 1. The molecule has 0 spiro atoms. The second-order valence-electron chi connectivity index (χ2n) is 4.53. The molecule has 0 aliphatic rings. The lowest BCUT2D eigenvalue weighted by Gasteiger charge is -2.13. The number of aryl methyl sites for hydroxylation is 2. The van der Waals surface area contributed by atoms with Gasteiger partial charge in [0.15, 0.2) is 0 Å². The summed E-state index contributed by atoms with van der Waals surface area (Å²) in [5.74, 6) is 0. The van der Waals surface area contributed by atoms with Gasteiger partial charge in [0.2, 0.25) is 0 Å². The second-order valence-corrected chi connectivity index (χ2v) is 4.53. The number of hydrogen-bond donors (Lipinski definition) is 1. The number of rotatable bonds is 5. The highest BCUT2D eigenvalue weighted by Crippen LogP contribution is 2.19. The number of aliphatic hydroxyl groups is 1. The van der Waals surface area contributed by atoms with Crippen LogP contribution in [0.25, 0.3) is 0 Å². The van der Waals surface area contributed by atoms with E-state index in [-0.39, 0.29) is 0 Å². The molecule has 0 bridgehead atoms. The first-order chi connectivity index (χ1) is 8.72. The van der Waals surface area contributed by atoms with Crippen molar-refractivity contribution in [3.8, 4) is 0 Å². The summed E-state index contributed by atoms with van der Waals surface area (Å²) in [6.45, 7) is 4.93. The Morgan fingerprint density at radius 2 is 2.11 bits per heavy atom. The molecule has 1 unspecified atom stereocenters. The molecule has 1 atom stereocenters. The summed E-state index contributed by atoms with van der Waals surface area (Å²) in [4.78, 5) is 0. The lowest BCUT2D eigenvalue weighted by Crippen LogP contribution is -2.11. The third-order valence-electron chi connectivity index (χ3n) is 3.10. The number of nitrogens with zero attached hydrogens (tertiary/aromatic N) is 3. The van der Waals surface area contributed by atoms with Crippen LogP contribution in [0.3, 0.4) is 0 Å². The number of hydrogen-bond acceptors (Lipinski definition) is 3. The zero-order valence-electron chi connectivity index (χ0n) is 10.9. The normalized spacial score (nSPS) is 12.6. The van der Waals surface area contributed by atoms with E-state index in [0.29, 0.717) is 6.42 Å². The van der Waals surface area contributed by atoms with E-state index in [9.17, 15) is 5.11 Å². The zero-order chi connectivity index (χ0) is 13.0. The lowest BCUT2D eigenvalue weighted by atomic mass is 10.0. The van der Waals surface area contributed by atoms with E-state index in [1.807, 2.05) is 18.2 Å². The molecule has 0 saturated carbocycles. The monoisotopic (exact) mass is 245 g/mol. The van der Waals surface area contributed by atoms with Crippen molar-refractivity contribution in [1.29, 1.82) is 0 Å². The molecule has 2 rings (SSSR count). The minimum absolute atomic E-state index is 0.548. The van der Waals surface area contributed by atoms with Crippen LogP contribution < -0.4 is 0 Å². The molecule has 0 aliphatic carbocycles. The minimum atomic E-state index is -0.548. The standard InChI is InChI=1S/C14H19N3O/c1-3-8-17-13(10-15-16-17)14(18)9-12-7-5-4-6-11(12)2/h4-7,10,14,18H,3,8-9H2,1-2H3. The first-order valence-electron chi connectivity index (χ1n) is 6.33. The molecular formula is C14H19N3O. The fourth-order valence-electron chi connectivity index (χ4n) is 2.06. The summed E-state index contributed by atoms with van der Waals surface area (Å²) in [7, 11) is 0. The second kappa shape index (κ2) is 5.78. The van der Waals surface area contributed by atoms with Crippen molar-refractivity contribution in [1.82, 2.24) is 15.0 Å². The van der Waals surface area contributed by atoms with E-state index < -0.39 is 6.10 Å². The Balaban J connectivity index is 2.14. The van der Waals surface area contributed by atoms with Gasteiger partial charge in [-0.3, -0.25) is 0 Å². The van der Waals surface area contributed by atoms with Gasteiger partial charge in [0.05, 0.1) is 11.9 Å². The van der Waals surface area contributed by atoms with Gasteiger partial charge >= 0.3 is 0 Å². The molecule has 18 heavy (non-hydrogen) atoms. The van der Waals surface area contributed by atoms with Crippen LogP contribution in [0.15, 0.2) is 30.5 Å². The fourth-order valence-corrected chi connectivity index (χ4v) is 2.06. The van der Waals surface area contributed by atoms with Crippen LogP contribution >= 0.6 is 0 Å². The van der Waals surface area contributed by atoms with Crippen molar-refractivity contribution >= 4 is 0 Å². The maximum absolute atomic E-state index is 10.3. The third kappa shape index (κ3) is 2.76. The molecule has 0 fully saturated rings. The smallest absolute Gasteiger partial charge is 0.101 e. The molecular weight excluding hydrogens is 226 g/mol. The van der Waals surface area contributed by atoms with Crippen molar-refractivity contribution in [3.63, 3.8) is 0 Å². The van der Waals surface area contributed by atoms with Crippen molar-refractivity contribution in [2.45, 2.75) is 39.3 Å². The van der Waals surface area contributed by atoms with Gasteiger partial charge in [-0.25, -0.2) is 4.68 Å². The molecule has 0 radical (unpaired) electrons. The van der Waals surface area contributed by atoms with E-state index in [2.05, 4.69) is 30.2 Å². The molecule has 0 saturated heterocycles. The quantitative estimate of drug-likeness (QED) is 0.879. The zero-order valence-corrected chi connectivity index (χ0v) is 10.9. The summed E-state index contributed by atoms with van der Waals surface area (Å²) in [6.07, 6.45) is 2.68. The van der Waals surface area contributed by atoms with E-state index in [1.54, 1.807) is 10.9 Å². The van der Waals surface area contributed by atoms with E-state index >= 15 is 0 Å². The van der Waals surface area contributed by atoms with E-state index in [0.717, 1.165) is 24.2 Å². The topological polar surface area (TPSA) is 50.9 Å². The number of aromatic nitrogens is 3. The van der Waals surface area contributed by atoms with Gasteiger partial charge < -0.3 is 5.11 Å². The van der Waals surface area contributed by atoms with Gasteiger partial charge in [-0.1, -0.05) is 36.4 Å². The molecule has 0 aliphatic heterocycles. The summed E-state index contributed by atoms with van der Waals surface area (Å²) in [5.41, 5.74) is 3.15. The van der Waals surface area contributed by atoms with Gasteiger partial charge in [0, 0.05) is 13.0 Å². The molecule has 4 heteroatoms. The summed E-state index contributed by atoms with van der Waals surface area (Å²) in [5, 5.41) is 18.2. The first-order valence-corrected chi connectivity index (χ1v) is 6.33. The largest absolute Gasteiger partial charge is 0.386 e. The van der Waals surface area contributed by atoms with Gasteiger partial charge in [0.1, 0.15) is 6.10 Å². The molecule has 4 nitrogen and oxygen atoms in total. The Hall–Kier alpha value is -1.68. The molecule has 1 N–H and O–H groups in total. The molecule has 1 heterocycles. The highest BCUT2D eigenvalue weighted by molar-refractivity contribution is 5.26. The molecule has 1 aromatic carbocycles. The highest BCUT2D eigenvalue weighted by atomic mass is 16.3. The van der Waals surface area contributed by atoms with Crippen LogP contribution in [0.4, 0.5) is 0 Å². The van der Waals surface area contributed by atoms with Crippen molar-refractivity contribution in [2.24, 2.45) is 0 Å². The third-order valence-corrected chi connectivity index (χ3v) is 3.10. The van der Waals surface area contributed by atoms with E-state index in [4.69, 9.17) is 0 Å². The highest BCUT2D eigenvalue weighted by Gasteiger charge is 2.15. The van der Waals surface area contributed by atoms with Crippen molar-refractivity contribution in [3.05, 3.63) is 47.3 Å². The Kier molecular flexibility index (Phi) is 4.10. The van der Waals surface area contributed by atoms with Gasteiger partial charge in [-0.2, -0.15) is 0 Å². The predicted octanol–water partition coefficient (Wildman–Crippen LogP) is 2.27. The Bertz CT molecular complexity index is 507. The Labute approximate surface area is 107 Å². The number of benzene rings is 1. The predicted molar refractivity (Wildman–Crippen MR) is 70.2 cm³/mol. The van der Waals surface area contributed by atoms with Gasteiger partial charge in [-0.15, -0.1) is 5.10 Å². The molecule has 2 aromatic rings. The van der Waals surface area contributed by atoms with Crippen LogP contribution in [0.2, 0.25) is 0 Å². The van der Waals surface area contributed by atoms with Crippen molar-refractivity contribution < 1.29 is 5.11 Å². The summed E-state index contributed by atoms with van der Waals surface area (Å²) < 4.78 is 1.78. The van der Waals surface area contributed by atoms with E-state index in [1.165, 1.54) is 5.56 Å². The van der Waals surface area contributed by atoms with Crippen LogP contribution in [-0.4, -0.2) is 20.1 Å². The van der Waals surface area contributed by atoms with Crippen LogP contribution in [0.1, 0.15) is 36.3 Å². The fraction of sp³-hybridized carbons (Fsp3) is 0.429. The maximum Gasteiger partial charge on any atom is 0.101 e. The maximum atomic E-state index is 10.3. The van der Waals surface area contributed by atoms with Gasteiger partial charge in [-0.05, 0) is 24.5 Å². The van der Waals surface area contributed by atoms with Crippen molar-refractivity contribution in [2.75, 3.05) is 0 Å². The average molecular weight is 245 g/mol.